The van der Waals surface area contributed by atoms with Gasteiger partial charge >= 0.3 is 10.1 Å². The lowest BCUT2D eigenvalue weighted by Gasteiger charge is -2.22. The van der Waals surface area contributed by atoms with Gasteiger partial charge in [-0.1, -0.05) is 41.4 Å². The number of fused-ring (bicyclic) bond motifs is 1. The highest BCUT2D eigenvalue weighted by Crippen LogP contribution is 2.35. The fourth-order valence-electron chi connectivity index (χ4n) is 2.36. The second kappa shape index (κ2) is 6.78. The second-order valence-electron chi connectivity index (χ2n) is 5.67. The van der Waals surface area contributed by atoms with E-state index in [-0.39, 0.29) is 10.8 Å². The number of rotatable bonds is 3. The molecule has 0 N–H and O–H groups in total. The number of hydrogen-bond donors (Lipinski definition) is 0. The third-order valence-electron chi connectivity index (χ3n) is 3.72. The lowest BCUT2D eigenvalue weighted by Crippen LogP contribution is -2.21. The van der Waals surface area contributed by atoms with E-state index in [1.54, 1.807) is 30.0 Å². The molecule has 1 aliphatic heterocycles. The van der Waals surface area contributed by atoms with Gasteiger partial charge in [-0.25, -0.2) is 0 Å². The Morgan fingerprint density at radius 2 is 1.92 bits per heavy atom. The number of nitrogens with zero attached hydrogens (tertiary/aromatic N) is 1. The Balaban J connectivity index is 1.94. The van der Waals surface area contributed by atoms with Crippen molar-refractivity contribution in [3.05, 3.63) is 58.6 Å². The SMILES string of the molecule is Cc1ccc(S(=O)(=O)O/N=C2/c3cc(Cl)ccc3SCC2C)cc1. The molecule has 0 spiro atoms. The van der Waals surface area contributed by atoms with Gasteiger partial charge in [0.05, 0.1) is 5.71 Å². The average molecular weight is 382 g/mol. The van der Waals surface area contributed by atoms with Gasteiger partial charge in [0.1, 0.15) is 4.90 Å². The minimum atomic E-state index is -3.94. The molecule has 4 nitrogen and oxygen atoms in total. The van der Waals surface area contributed by atoms with Gasteiger partial charge in [0.2, 0.25) is 0 Å². The Bertz CT molecular complexity index is 893. The standard InChI is InChI=1S/C17H16ClNO3S2/c1-11-3-6-14(7-4-11)24(20,21)22-19-17-12(2)10-23-16-8-5-13(18)9-15(16)17/h3-9,12H,10H2,1-2H3/b19-17+. The first kappa shape index (κ1) is 17.3. The molecular weight excluding hydrogens is 366 g/mol. The number of halogens is 1. The van der Waals surface area contributed by atoms with Crippen molar-refractivity contribution < 1.29 is 12.7 Å². The largest absolute Gasteiger partial charge is 0.358 e. The summed E-state index contributed by atoms with van der Waals surface area (Å²) in [5.74, 6) is 0.871. The quantitative estimate of drug-likeness (QED) is 0.734. The van der Waals surface area contributed by atoms with Crippen LogP contribution in [0.15, 0.2) is 57.4 Å². The van der Waals surface area contributed by atoms with Gasteiger partial charge in [-0.3, -0.25) is 4.28 Å². The van der Waals surface area contributed by atoms with Crippen molar-refractivity contribution in [3.63, 3.8) is 0 Å². The number of oxime groups is 1. The topological polar surface area (TPSA) is 55.7 Å². The van der Waals surface area contributed by atoms with Crippen LogP contribution in [0, 0.1) is 12.8 Å². The van der Waals surface area contributed by atoms with Crippen LogP contribution in [0.25, 0.3) is 0 Å². The lowest BCUT2D eigenvalue weighted by atomic mass is 9.99. The summed E-state index contributed by atoms with van der Waals surface area (Å²) in [6.07, 6.45) is 0. The monoisotopic (exact) mass is 381 g/mol. The summed E-state index contributed by atoms with van der Waals surface area (Å²) >= 11 is 7.76. The normalized spacial score (nSPS) is 19.1. The summed E-state index contributed by atoms with van der Waals surface area (Å²) in [4.78, 5) is 1.11. The Kier molecular flexibility index (Phi) is 4.90. The average Bonchev–Trinajstić information content (AvgIpc) is 2.54. The van der Waals surface area contributed by atoms with Crippen LogP contribution in [0.1, 0.15) is 18.1 Å². The molecule has 2 aromatic carbocycles. The van der Waals surface area contributed by atoms with Crippen LogP contribution in [-0.4, -0.2) is 19.9 Å². The molecule has 7 heteroatoms. The van der Waals surface area contributed by atoms with Gasteiger partial charge in [0.25, 0.3) is 0 Å². The van der Waals surface area contributed by atoms with E-state index in [9.17, 15) is 8.42 Å². The Morgan fingerprint density at radius 3 is 2.62 bits per heavy atom. The summed E-state index contributed by atoms with van der Waals surface area (Å²) in [7, 11) is -3.94. The fourth-order valence-corrected chi connectivity index (χ4v) is 4.34. The Labute approximate surface area is 151 Å². The molecule has 0 bridgehead atoms. The van der Waals surface area contributed by atoms with Gasteiger partial charge in [0, 0.05) is 27.2 Å². The van der Waals surface area contributed by atoms with Gasteiger partial charge in [0.15, 0.2) is 0 Å². The molecule has 1 aliphatic rings. The molecule has 2 aromatic rings. The number of thioether (sulfide) groups is 1. The highest BCUT2D eigenvalue weighted by molar-refractivity contribution is 7.99. The summed E-state index contributed by atoms with van der Waals surface area (Å²) in [5.41, 5.74) is 2.40. The summed E-state index contributed by atoms with van der Waals surface area (Å²) in [5, 5.41) is 4.55. The molecule has 0 aromatic heterocycles. The lowest BCUT2D eigenvalue weighted by molar-refractivity contribution is 0.336. The molecule has 126 valence electrons. The van der Waals surface area contributed by atoms with Crippen LogP contribution in [0.2, 0.25) is 5.02 Å². The van der Waals surface area contributed by atoms with Gasteiger partial charge in [-0.2, -0.15) is 8.42 Å². The molecule has 0 aliphatic carbocycles. The maximum Gasteiger partial charge on any atom is 0.358 e. The Morgan fingerprint density at radius 1 is 1.21 bits per heavy atom. The van der Waals surface area contributed by atoms with Crippen LogP contribution in [0.5, 0.6) is 0 Å². The van der Waals surface area contributed by atoms with Crippen molar-refractivity contribution in [2.24, 2.45) is 11.1 Å². The molecular formula is C17H16ClNO3S2. The van der Waals surface area contributed by atoms with Crippen molar-refractivity contribution in [3.8, 4) is 0 Å². The van der Waals surface area contributed by atoms with E-state index >= 15 is 0 Å². The molecule has 1 heterocycles. The minimum Gasteiger partial charge on any atom is -0.264 e. The molecule has 0 radical (unpaired) electrons. The van der Waals surface area contributed by atoms with Gasteiger partial charge < -0.3 is 0 Å². The van der Waals surface area contributed by atoms with E-state index < -0.39 is 10.1 Å². The maximum absolute atomic E-state index is 12.3. The van der Waals surface area contributed by atoms with E-state index in [1.165, 1.54) is 12.1 Å². The summed E-state index contributed by atoms with van der Waals surface area (Å²) in [6.45, 7) is 3.87. The maximum atomic E-state index is 12.3. The summed E-state index contributed by atoms with van der Waals surface area (Å²) < 4.78 is 29.6. The van der Waals surface area contributed by atoms with Crippen molar-refractivity contribution in [1.82, 2.24) is 0 Å². The predicted molar refractivity (Wildman–Crippen MR) is 97.3 cm³/mol. The van der Waals surface area contributed by atoms with Crippen molar-refractivity contribution in [2.75, 3.05) is 5.75 Å². The van der Waals surface area contributed by atoms with E-state index in [0.717, 1.165) is 21.8 Å². The molecule has 0 fully saturated rings. The number of benzene rings is 2. The first-order valence-electron chi connectivity index (χ1n) is 7.38. The highest BCUT2D eigenvalue weighted by atomic mass is 35.5. The zero-order valence-electron chi connectivity index (χ0n) is 13.2. The molecule has 24 heavy (non-hydrogen) atoms. The number of hydrogen-bond acceptors (Lipinski definition) is 5. The smallest absolute Gasteiger partial charge is 0.264 e. The zero-order valence-corrected chi connectivity index (χ0v) is 15.6. The van der Waals surface area contributed by atoms with E-state index in [2.05, 4.69) is 5.16 Å². The van der Waals surface area contributed by atoms with Crippen LogP contribution >= 0.6 is 23.4 Å². The molecule has 1 unspecified atom stereocenters. The van der Waals surface area contributed by atoms with Crippen LogP contribution in [-0.2, 0) is 14.4 Å². The zero-order chi connectivity index (χ0) is 17.3. The summed E-state index contributed by atoms with van der Waals surface area (Å²) in [6, 6.07) is 12.0. The Hall–Kier alpha value is -1.50. The first-order chi connectivity index (χ1) is 11.4. The van der Waals surface area contributed by atoms with E-state index in [1.807, 2.05) is 26.0 Å². The first-order valence-corrected chi connectivity index (χ1v) is 10.1. The molecule has 0 saturated carbocycles. The van der Waals surface area contributed by atoms with Crippen LogP contribution < -0.4 is 0 Å². The van der Waals surface area contributed by atoms with Crippen LogP contribution in [0.4, 0.5) is 0 Å². The molecule has 0 saturated heterocycles. The fraction of sp³-hybridized carbons (Fsp3) is 0.235. The second-order valence-corrected chi connectivity index (χ2v) is 8.70. The van der Waals surface area contributed by atoms with Gasteiger partial charge in [-0.05, 0) is 37.3 Å². The third kappa shape index (κ3) is 3.61. The van der Waals surface area contributed by atoms with E-state index in [0.29, 0.717) is 10.7 Å². The minimum absolute atomic E-state index is 0.0641. The number of aryl methyl sites for hydroxylation is 1. The third-order valence-corrected chi connectivity index (χ3v) is 6.41. The van der Waals surface area contributed by atoms with Crippen molar-refractivity contribution >= 4 is 39.2 Å². The van der Waals surface area contributed by atoms with Crippen molar-refractivity contribution in [1.29, 1.82) is 0 Å². The van der Waals surface area contributed by atoms with Crippen LogP contribution in [0.3, 0.4) is 0 Å². The molecule has 3 rings (SSSR count). The molecule has 0 amide bonds. The van der Waals surface area contributed by atoms with E-state index in [4.69, 9.17) is 15.9 Å². The van der Waals surface area contributed by atoms with Crippen molar-refractivity contribution in [2.45, 2.75) is 23.6 Å². The highest BCUT2D eigenvalue weighted by Gasteiger charge is 2.25. The predicted octanol–water partition coefficient (Wildman–Crippen LogP) is 4.50. The molecule has 1 atom stereocenters. The van der Waals surface area contributed by atoms with Gasteiger partial charge in [-0.15, -0.1) is 11.8 Å².